The molecule has 1 heterocycles. The van der Waals surface area contributed by atoms with E-state index in [9.17, 15) is 5.11 Å². The summed E-state index contributed by atoms with van der Waals surface area (Å²) in [6, 6.07) is 11.1. The zero-order valence-electron chi connectivity index (χ0n) is 13.6. The van der Waals surface area contributed by atoms with Crippen LogP contribution in [-0.4, -0.2) is 33.3 Å². The van der Waals surface area contributed by atoms with Crippen LogP contribution in [0.5, 0.6) is 11.5 Å². The smallest absolute Gasteiger partial charge is 0.212 e. The fourth-order valence-corrected chi connectivity index (χ4v) is 3.50. The molecule has 0 bridgehead atoms. The molecule has 0 saturated heterocycles. The normalized spacial score (nSPS) is 11.2. The molecule has 0 saturated carbocycles. The highest BCUT2D eigenvalue weighted by atomic mass is 79.9. The van der Waals surface area contributed by atoms with Gasteiger partial charge in [0.2, 0.25) is 5.16 Å². The Balaban J connectivity index is 1.75. The second-order valence-corrected chi connectivity index (χ2v) is 7.46. The van der Waals surface area contributed by atoms with Gasteiger partial charge in [0, 0.05) is 20.8 Å². The second-order valence-electron chi connectivity index (χ2n) is 5.16. The number of benzene rings is 2. The Morgan fingerprint density at radius 3 is 2.85 bits per heavy atom. The van der Waals surface area contributed by atoms with Gasteiger partial charge >= 0.3 is 0 Å². The van der Waals surface area contributed by atoms with Crippen LogP contribution in [0.2, 0.25) is 5.02 Å². The Kier molecular flexibility index (Phi) is 6.18. The lowest BCUT2D eigenvalue weighted by molar-refractivity contribution is 0.373. The predicted molar refractivity (Wildman–Crippen MR) is 106 cm³/mol. The second kappa shape index (κ2) is 8.57. The molecule has 0 amide bonds. The van der Waals surface area contributed by atoms with Gasteiger partial charge in [0.25, 0.3) is 0 Å². The number of aromatic hydroxyl groups is 1. The van der Waals surface area contributed by atoms with Gasteiger partial charge in [-0.1, -0.05) is 51.4 Å². The van der Waals surface area contributed by atoms with Gasteiger partial charge in [-0.15, -0.1) is 10.2 Å². The molecule has 0 aliphatic heterocycles. The minimum atomic E-state index is 0.0166. The molecule has 6 nitrogen and oxygen atoms in total. The summed E-state index contributed by atoms with van der Waals surface area (Å²) in [5.41, 5.74) is 1.63. The molecule has 0 unspecified atom stereocenters. The van der Waals surface area contributed by atoms with Gasteiger partial charge in [0.1, 0.15) is 6.33 Å². The molecule has 0 aliphatic rings. The maximum absolute atomic E-state index is 10.2. The molecule has 3 aromatic rings. The van der Waals surface area contributed by atoms with Crippen LogP contribution >= 0.6 is 39.3 Å². The van der Waals surface area contributed by atoms with Crippen molar-refractivity contribution in [2.24, 2.45) is 5.10 Å². The molecule has 9 heteroatoms. The number of rotatable bonds is 6. The molecule has 1 aromatic heterocycles. The van der Waals surface area contributed by atoms with Gasteiger partial charge in [-0.3, -0.25) is 0 Å². The van der Waals surface area contributed by atoms with E-state index >= 15 is 0 Å². The first-order chi connectivity index (χ1) is 12.6. The van der Waals surface area contributed by atoms with E-state index in [2.05, 4.69) is 31.2 Å². The Morgan fingerprint density at radius 2 is 2.12 bits per heavy atom. The Morgan fingerprint density at radius 1 is 1.35 bits per heavy atom. The van der Waals surface area contributed by atoms with E-state index in [1.807, 2.05) is 24.3 Å². The number of hydrogen-bond donors (Lipinski definition) is 1. The monoisotopic (exact) mass is 452 g/mol. The fraction of sp³-hybridized carbons (Fsp3) is 0.118. The van der Waals surface area contributed by atoms with Crippen LogP contribution in [0.15, 0.2) is 57.5 Å². The first kappa shape index (κ1) is 18.8. The van der Waals surface area contributed by atoms with Crippen LogP contribution in [0.4, 0.5) is 0 Å². The van der Waals surface area contributed by atoms with E-state index in [1.54, 1.807) is 16.8 Å². The molecule has 0 fully saturated rings. The number of aromatic nitrogens is 3. The summed E-state index contributed by atoms with van der Waals surface area (Å²) >= 11 is 10.8. The number of phenols is 1. The molecule has 134 valence electrons. The van der Waals surface area contributed by atoms with E-state index in [-0.39, 0.29) is 5.75 Å². The number of hydrogen-bond acceptors (Lipinski definition) is 6. The molecule has 1 N–H and O–H groups in total. The van der Waals surface area contributed by atoms with Crippen molar-refractivity contribution in [3.63, 3.8) is 0 Å². The summed E-state index contributed by atoms with van der Waals surface area (Å²) in [5, 5.41) is 23.8. The molecular weight excluding hydrogens is 440 g/mol. The largest absolute Gasteiger partial charge is 0.504 e. The molecule has 0 atom stereocenters. The maximum atomic E-state index is 10.2. The van der Waals surface area contributed by atoms with Crippen molar-refractivity contribution in [3.8, 4) is 11.5 Å². The van der Waals surface area contributed by atoms with E-state index in [0.717, 1.165) is 10.0 Å². The van der Waals surface area contributed by atoms with Crippen LogP contribution in [-0.2, 0) is 5.75 Å². The third-order valence-corrected chi connectivity index (χ3v) is 5.11. The standard InChI is InChI=1S/C17H14BrClN4O2S/c1-25-15-7-13(18)6-12(16(15)24)8-21-23-10-20-22-17(23)26-9-11-2-4-14(19)5-3-11/h2-8,10,24H,9H2,1H3/b21-8+. The Bertz CT molecular complexity index is 931. The molecule has 3 rings (SSSR count). The van der Waals surface area contributed by atoms with Crippen molar-refractivity contribution in [3.05, 3.63) is 63.3 Å². The SMILES string of the molecule is COc1cc(Br)cc(/C=N/n2cnnc2SCc2ccc(Cl)cc2)c1O. The van der Waals surface area contributed by atoms with Crippen LogP contribution in [0.3, 0.4) is 0 Å². The average molecular weight is 454 g/mol. The fourth-order valence-electron chi connectivity index (χ4n) is 2.09. The first-order valence-electron chi connectivity index (χ1n) is 7.45. The highest BCUT2D eigenvalue weighted by Crippen LogP contribution is 2.32. The number of halogens is 2. The summed E-state index contributed by atoms with van der Waals surface area (Å²) < 4.78 is 7.46. The number of nitrogens with zero attached hydrogens (tertiary/aromatic N) is 4. The third kappa shape index (κ3) is 4.57. The zero-order valence-corrected chi connectivity index (χ0v) is 16.8. The number of thioether (sulfide) groups is 1. The summed E-state index contributed by atoms with van der Waals surface area (Å²) in [4.78, 5) is 0. The van der Waals surface area contributed by atoms with Gasteiger partial charge in [-0.05, 0) is 29.8 Å². The van der Waals surface area contributed by atoms with Crippen molar-refractivity contribution in [2.75, 3.05) is 7.11 Å². The lowest BCUT2D eigenvalue weighted by Crippen LogP contribution is -1.94. The molecule has 2 aromatic carbocycles. The molecule has 0 radical (unpaired) electrons. The van der Waals surface area contributed by atoms with Crippen molar-refractivity contribution in [1.29, 1.82) is 0 Å². The quantitative estimate of drug-likeness (QED) is 0.437. The minimum Gasteiger partial charge on any atom is -0.504 e. The van der Waals surface area contributed by atoms with Gasteiger partial charge in [0.05, 0.1) is 13.3 Å². The first-order valence-corrected chi connectivity index (χ1v) is 9.60. The Labute approximate surface area is 168 Å². The number of phenolic OH excluding ortho intramolecular Hbond substituents is 1. The Hall–Kier alpha value is -2.03. The molecule has 0 aliphatic carbocycles. The van der Waals surface area contributed by atoms with E-state index in [0.29, 0.717) is 27.2 Å². The van der Waals surface area contributed by atoms with Crippen LogP contribution in [0.1, 0.15) is 11.1 Å². The topological polar surface area (TPSA) is 72.5 Å². The molecular formula is C17H14BrClN4O2S. The predicted octanol–water partition coefficient (Wildman–Crippen LogP) is 4.58. The lowest BCUT2D eigenvalue weighted by atomic mass is 10.2. The van der Waals surface area contributed by atoms with Gasteiger partial charge in [0.15, 0.2) is 11.5 Å². The van der Waals surface area contributed by atoms with Crippen LogP contribution in [0.25, 0.3) is 0 Å². The van der Waals surface area contributed by atoms with Crippen molar-refractivity contribution >= 4 is 45.5 Å². The number of methoxy groups -OCH3 is 1. The van der Waals surface area contributed by atoms with Crippen LogP contribution in [0, 0.1) is 0 Å². The van der Waals surface area contributed by atoms with Gasteiger partial charge < -0.3 is 9.84 Å². The molecule has 26 heavy (non-hydrogen) atoms. The highest BCUT2D eigenvalue weighted by molar-refractivity contribution is 9.10. The van der Waals surface area contributed by atoms with Gasteiger partial charge in [-0.2, -0.15) is 9.78 Å². The van der Waals surface area contributed by atoms with Crippen molar-refractivity contribution in [1.82, 2.24) is 14.9 Å². The van der Waals surface area contributed by atoms with Gasteiger partial charge in [-0.25, -0.2) is 0 Å². The summed E-state index contributed by atoms with van der Waals surface area (Å²) in [5.74, 6) is 1.09. The zero-order chi connectivity index (χ0) is 18.5. The van der Waals surface area contributed by atoms with E-state index in [4.69, 9.17) is 16.3 Å². The average Bonchev–Trinajstić information content (AvgIpc) is 3.09. The summed E-state index contributed by atoms with van der Waals surface area (Å²) in [6.07, 6.45) is 3.03. The van der Waals surface area contributed by atoms with Crippen molar-refractivity contribution in [2.45, 2.75) is 10.9 Å². The number of ether oxygens (including phenoxy) is 1. The van der Waals surface area contributed by atoms with Crippen molar-refractivity contribution < 1.29 is 9.84 Å². The molecule has 0 spiro atoms. The summed E-state index contributed by atoms with van der Waals surface area (Å²) in [7, 11) is 1.49. The maximum Gasteiger partial charge on any atom is 0.212 e. The highest BCUT2D eigenvalue weighted by Gasteiger charge is 2.09. The summed E-state index contributed by atoms with van der Waals surface area (Å²) in [6.45, 7) is 0. The minimum absolute atomic E-state index is 0.0166. The third-order valence-electron chi connectivity index (χ3n) is 3.39. The van der Waals surface area contributed by atoms with E-state index < -0.39 is 0 Å². The van der Waals surface area contributed by atoms with Crippen LogP contribution < -0.4 is 4.74 Å². The van der Waals surface area contributed by atoms with E-state index in [1.165, 1.54) is 31.4 Å². The lowest BCUT2D eigenvalue weighted by Gasteiger charge is -2.07.